The van der Waals surface area contributed by atoms with Crippen molar-refractivity contribution in [1.29, 1.82) is 0 Å². The van der Waals surface area contributed by atoms with Crippen molar-refractivity contribution in [2.45, 2.75) is 38.8 Å². The number of nitrogens with one attached hydrogen (secondary N) is 1. The summed E-state index contributed by atoms with van der Waals surface area (Å²) in [6.07, 6.45) is 3.42. The van der Waals surface area contributed by atoms with Crippen LogP contribution in [0.3, 0.4) is 0 Å². The highest BCUT2D eigenvalue weighted by atomic mass is 19.1. The minimum absolute atomic E-state index is 0.0316. The Morgan fingerprint density at radius 1 is 1.08 bits per heavy atom. The summed E-state index contributed by atoms with van der Waals surface area (Å²) in [6.45, 7) is 7.90. The zero-order valence-electron chi connectivity index (χ0n) is 22.1. The molecule has 0 aliphatic carbocycles. The van der Waals surface area contributed by atoms with Crippen molar-refractivity contribution in [1.82, 2.24) is 10.3 Å². The second-order valence-electron chi connectivity index (χ2n) is 9.98. The minimum Gasteiger partial charge on any atom is -0.394 e. The number of aryl methyl sites for hydroxylation is 1. The molecule has 0 bridgehead atoms. The van der Waals surface area contributed by atoms with E-state index in [1.54, 1.807) is 6.07 Å². The van der Waals surface area contributed by atoms with E-state index in [9.17, 15) is 5.11 Å². The molecule has 2 N–H and O–H groups in total. The van der Waals surface area contributed by atoms with Crippen molar-refractivity contribution < 1.29 is 19.0 Å². The van der Waals surface area contributed by atoms with Crippen molar-refractivity contribution in [3.63, 3.8) is 0 Å². The van der Waals surface area contributed by atoms with Crippen molar-refractivity contribution >= 4 is 11.8 Å². The number of hydrogen-bond acceptors (Lipinski definition) is 6. The first-order valence-corrected chi connectivity index (χ1v) is 13.4. The molecular formula is C31H36FN3O3. The molecule has 0 spiro atoms. The lowest BCUT2D eigenvalue weighted by Crippen LogP contribution is -2.36. The molecule has 2 aliphatic rings. The SMILES string of the molecule is CC/C(=C\c1nc(-c2ccc(-c3ccc(N4CCOCC4)cc3)cc2)c(F)cc1C)NC1COC(CO)C1. The second kappa shape index (κ2) is 12.1. The molecule has 2 aromatic carbocycles. The third-order valence-electron chi connectivity index (χ3n) is 7.31. The standard InChI is InChI=1S/C31H36FN3O3/c1-3-25(33-26-17-28(19-36)38-20-26)18-30-21(2)16-29(32)31(34-30)24-6-4-22(5-7-24)23-8-10-27(11-9-23)35-12-14-37-15-13-35/h4-11,16,18,26,28,33,36H,3,12-15,17,19-20H2,1-2H3/b25-18+. The quantitative estimate of drug-likeness (QED) is 0.429. The summed E-state index contributed by atoms with van der Waals surface area (Å²) < 4.78 is 26.1. The van der Waals surface area contributed by atoms with Gasteiger partial charge in [-0.05, 0) is 60.7 Å². The van der Waals surface area contributed by atoms with Crippen LogP contribution in [0.2, 0.25) is 0 Å². The lowest BCUT2D eigenvalue weighted by molar-refractivity contribution is 0.0582. The summed E-state index contributed by atoms with van der Waals surface area (Å²) in [7, 11) is 0. The molecule has 3 aromatic rings. The molecule has 2 fully saturated rings. The fraction of sp³-hybridized carbons (Fsp3) is 0.387. The van der Waals surface area contributed by atoms with Crippen molar-refractivity contribution in [3.8, 4) is 22.4 Å². The van der Waals surface area contributed by atoms with Crippen LogP contribution in [0.5, 0.6) is 0 Å². The molecule has 2 unspecified atom stereocenters. The molecule has 0 radical (unpaired) electrons. The van der Waals surface area contributed by atoms with Gasteiger partial charge in [0.15, 0.2) is 0 Å². The summed E-state index contributed by atoms with van der Waals surface area (Å²) in [5, 5.41) is 12.8. The van der Waals surface area contributed by atoms with E-state index in [1.807, 2.05) is 37.3 Å². The van der Waals surface area contributed by atoms with E-state index in [1.165, 1.54) is 5.69 Å². The number of hydrogen-bond donors (Lipinski definition) is 2. The van der Waals surface area contributed by atoms with Crippen molar-refractivity contribution in [3.05, 3.63) is 77.4 Å². The molecule has 0 amide bonds. The Morgan fingerprint density at radius 2 is 1.74 bits per heavy atom. The molecule has 2 atom stereocenters. The lowest BCUT2D eigenvalue weighted by atomic mass is 10.0. The number of rotatable bonds is 8. The number of aliphatic hydroxyl groups is 1. The number of aromatic nitrogens is 1. The number of pyridine rings is 1. The number of anilines is 1. The largest absolute Gasteiger partial charge is 0.394 e. The van der Waals surface area contributed by atoms with Crippen molar-refractivity contribution in [2.75, 3.05) is 44.4 Å². The molecule has 2 saturated heterocycles. The van der Waals surface area contributed by atoms with E-state index in [4.69, 9.17) is 14.5 Å². The van der Waals surface area contributed by atoms with Gasteiger partial charge in [0.05, 0.1) is 44.3 Å². The van der Waals surface area contributed by atoms with E-state index in [2.05, 4.69) is 41.4 Å². The number of morpholine rings is 1. The van der Waals surface area contributed by atoms with Gasteiger partial charge < -0.3 is 24.8 Å². The Kier molecular flexibility index (Phi) is 8.37. The molecule has 6 nitrogen and oxygen atoms in total. The van der Waals surface area contributed by atoms with Gasteiger partial charge in [-0.25, -0.2) is 9.37 Å². The van der Waals surface area contributed by atoms with Gasteiger partial charge in [0.25, 0.3) is 0 Å². The van der Waals surface area contributed by atoms with Gasteiger partial charge >= 0.3 is 0 Å². The van der Waals surface area contributed by atoms with Gasteiger partial charge in [0, 0.05) is 30.0 Å². The summed E-state index contributed by atoms with van der Waals surface area (Å²) in [4.78, 5) is 7.06. The number of aliphatic hydroxyl groups excluding tert-OH is 1. The van der Waals surface area contributed by atoms with Crippen LogP contribution >= 0.6 is 0 Å². The van der Waals surface area contributed by atoms with Crippen molar-refractivity contribution in [2.24, 2.45) is 0 Å². The maximum atomic E-state index is 15.0. The Balaban J connectivity index is 1.33. The molecule has 2 aliphatic heterocycles. The first kappa shape index (κ1) is 26.4. The fourth-order valence-corrected chi connectivity index (χ4v) is 5.06. The van der Waals surface area contributed by atoms with E-state index in [0.717, 1.165) is 72.8 Å². The normalized spacial score (nSPS) is 20.1. The van der Waals surface area contributed by atoms with Gasteiger partial charge in [-0.3, -0.25) is 0 Å². The smallest absolute Gasteiger partial charge is 0.149 e. The van der Waals surface area contributed by atoms with E-state index in [-0.39, 0.29) is 24.6 Å². The fourth-order valence-electron chi connectivity index (χ4n) is 5.06. The number of nitrogens with zero attached hydrogens (tertiary/aromatic N) is 2. The minimum atomic E-state index is -0.330. The summed E-state index contributed by atoms with van der Waals surface area (Å²) in [5.41, 5.74) is 7.02. The molecule has 200 valence electrons. The Labute approximate surface area is 224 Å². The molecular weight excluding hydrogens is 481 g/mol. The number of allylic oxidation sites excluding steroid dienone is 1. The van der Waals surface area contributed by atoms with E-state index >= 15 is 4.39 Å². The maximum absolute atomic E-state index is 15.0. The molecule has 7 heteroatoms. The van der Waals surface area contributed by atoms with Crippen LogP contribution in [-0.4, -0.2) is 61.8 Å². The Bertz CT molecular complexity index is 1250. The maximum Gasteiger partial charge on any atom is 0.149 e. The topological polar surface area (TPSA) is 66.9 Å². The highest BCUT2D eigenvalue weighted by molar-refractivity contribution is 5.71. The number of halogens is 1. The molecule has 38 heavy (non-hydrogen) atoms. The van der Waals surface area contributed by atoms with E-state index < -0.39 is 0 Å². The van der Waals surface area contributed by atoms with Crippen LogP contribution in [0.4, 0.5) is 10.1 Å². The summed E-state index contributed by atoms with van der Waals surface area (Å²) in [5.74, 6) is -0.330. The van der Waals surface area contributed by atoms with E-state index in [0.29, 0.717) is 12.3 Å². The predicted octanol–water partition coefficient (Wildman–Crippen LogP) is 5.19. The highest BCUT2D eigenvalue weighted by Crippen LogP contribution is 2.29. The average Bonchev–Trinajstić information content (AvgIpc) is 3.42. The zero-order valence-corrected chi connectivity index (χ0v) is 22.1. The van der Waals surface area contributed by atoms with Gasteiger partial charge in [-0.2, -0.15) is 0 Å². The average molecular weight is 518 g/mol. The lowest BCUT2D eigenvalue weighted by Gasteiger charge is -2.28. The molecule has 1 aromatic heterocycles. The predicted molar refractivity (Wildman–Crippen MR) is 149 cm³/mol. The third kappa shape index (κ3) is 6.07. The molecule has 3 heterocycles. The molecule has 5 rings (SSSR count). The monoisotopic (exact) mass is 517 g/mol. The Morgan fingerprint density at radius 3 is 2.37 bits per heavy atom. The summed E-state index contributed by atoms with van der Waals surface area (Å²) >= 11 is 0. The van der Waals surface area contributed by atoms with Crippen LogP contribution in [0.15, 0.2) is 60.3 Å². The molecule has 0 saturated carbocycles. The van der Waals surface area contributed by atoms with Gasteiger partial charge in [0.1, 0.15) is 11.5 Å². The first-order valence-electron chi connectivity index (χ1n) is 13.4. The zero-order chi connectivity index (χ0) is 26.5. The van der Waals surface area contributed by atoms with Crippen LogP contribution in [0.1, 0.15) is 31.0 Å². The van der Waals surface area contributed by atoms with Gasteiger partial charge in [-0.1, -0.05) is 43.3 Å². The van der Waals surface area contributed by atoms with Crippen LogP contribution in [-0.2, 0) is 9.47 Å². The highest BCUT2D eigenvalue weighted by Gasteiger charge is 2.25. The number of ether oxygens (including phenoxy) is 2. The van der Waals surface area contributed by atoms with Gasteiger partial charge in [0.2, 0.25) is 0 Å². The second-order valence-corrected chi connectivity index (χ2v) is 9.98. The van der Waals surface area contributed by atoms with Crippen LogP contribution < -0.4 is 10.2 Å². The summed E-state index contributed by atoms with van der Waals surface area (Å²) in [6, 6.07) is 18.2. The number of benzene rings is 2. The third-order valence-corrected chi connectivity index (χ3v) is 7.31. The van der Waals surface area contributed by atoms with Gasteiger partial charge in [-0.15, -0.1) is 0 Å². The van der Waals surface area contributed by atoms with Crippen LogP contribution in [0, 0.1) is 12.7 Å². The van der Waals surface area contributed by atoms with Crippen LogP contribution in [0.25, 0.3) is 28.5 Å². The Hall–Kier alpha value is -3.26. The first-order chi connectivity index (χ1) is 18.5.